The minimum absolute atomic E-state index is 0.0288. The molecule has 3 rings (SSSR count). The van der Waals surface area contributed by atoms with E-state index in [1.165, 1.54) is 0 Å². The van der Waals surface area contributed by atoms with Crippen LogP contribution in [0.1, 0.15) is 26.3 Å². The maximum Gasteiger partial charge on any atom is 0.163 e. The van der Waals surface area contributed by atoms with E-state index >= 15 is 0 Å². The molecule has 0 saturated carbocycles. The molecule has 0 unspecified atom stereocenters. The van der Waals surface area contributed by atoms with Crippen LogP contribution in [-0.2, 0) is 25.6 Å². The van der Waals surface area contributed by atoms with Crippen molar-refractivity contribution in [1.29, 1.82) is 0 Å². The normalized spacial score (nSPS) is 36.4. The van der Waals surface area contributed by atoms with Crippen LogP contribution >= 0.6 is 0 Å². The molecule has 5 heteroatoms. The zero-order valence-electron chi connectivity index (χ0n) is 14.0. The third kappa shape index (κ3) is 3.75. The Labute approximate surface area is 137 Å². The van der Waals surface area contributed by atoms with Crippen molar-refractivity contribution in [1.82, 2.24) is 0 Å². The lowest BCUT2D eigenvalue weighted by atomic mass is 9.87. The van der Waals surface area contributed by atoms with Crippen LogP contribution in [0.3, 0.4) is 0 Å². The summed E-state index contributed by atoms with van der Waals surface area (Å²) in [5.74, 6) is -0.608. The van der Waals surface area contributed by atoms with Crippen molar-refractivity contribution in [3.8, 4) is 0 Å². The van der Waals surface area contributed by atoms with Gasteiger partial charge in [-0.25, -0.2) is 0 Å². The smallest absolute Gasteiger partial charge is 0.163 e. The third-order valence-corrected chi connectivity index (χ3v) is 4.62. The molecular formula is C18H26O5. The number of aliphatic hydroxyl groups is 1. The van der Waals surface area contributed by atoms with Gasteiger partial charge in [-0.05, 0) is 19.4 Å². The van der Waals surface area contributed by atoms with E-state index in [0.717, 1.165) is 5.56 Å². The molecule has 1 aromatic carbocycles. The van der Waals surface area contributed by atoms with Crippen LogP contribution in [0.4, 0.5) is 0 Å². The Balaban J connectivity index is 1.74. The van der Waals surface area contributed by atoms with Crippen LogP contribution in [-0.4, -0.2) is 48.5 Å². The van der Waals surface area contributed by atoms with E-state index in [4.69, 9.17) is 18.9 Å². The molecule has 0 spiro atoms. The van der Waals surface area contributed by atoms with Crippen molar-refractivity contribution < 1.29 is 24.1 Å². The van der Waals surface area contributed by atoms with E-state index in [2.05, 4.69) is 0 Å². The second kappa shape index (κ2) is 6.87. The molecule has 2 fully saturated rings. The van der Waals surface area contributed by atoms with Crippen molar-refractivity contribution in [2.45, 2.75) is 57.6 Å². The van der Waals surface area contributed by atoms with Gasteiger partial charge in [-0.3, -0.25) is 0 Å². The molecule has 0 radical (unpaired) electrons. The highest BCUT2D eigenvalue weighted by Crippen LogP contribution is 2.36. The Bertz CT molecular complexity index is 503. The SMILES string of the molecule is C[C@@H]1[C@@H](OCc2ccccc2)[C@@H]2OC(C)(C)OC[C@H]2O[C@H]1CO. The Morgan fingerprint density at radius 2 is 2.00 bits per heavy atom. The lowest BCUT2D eigenvalue weighted by Gasteiger charge is -2.50. The fraction of sp³-hybridized carbons (Fsp3) is 0.667. The van der Waals surface area contributed by atoms with E-state index in [0.29, 0.717) is 13.2 Å². The van der Waals surface area contributed by atoms with Gasteiger partial charge in [0.15, 0.2) is 5.79 Å². The highest BCUT2D eigenvalue weighted by Gasteiger charge is 2.50. The van der Waals surface area contributed by atoms with Crippen molar-refractivity contribution >= 4 is 0 Å². The summed E-state index contributed by atoms with van der Waals surface area (Å²) in [6.07, 6.45) is -0.808. The molecule has 2 aliphatic rings. The van der Waals surface area contributed by atoms with Crippen LogP contribution in [0.25, 0.3) is 0 Å². The first-order chi connectivity index (χ1) is 11.0. The molecule has 2 heterocycles. The molecule has 128 valence electrons. The molecule has 5 atom stereocenters. The van der Waals surface area contributed by atoms with E-state index in [-0.39, 0.29) is 36.9 Å². The highest BCUT2D eigenvalue weighted by molar-refractivity contribution is 5.13. The molecule has 1 N–H and O–H groups in total. The average molecular weight is 322 g/mol. The number of rotatable bonds is 4. The van der Waals surface area contributed by atoms with Gasteiger partial charge in [-0.2, -0.15) is 0 Å². The van der Waals surface area contributed by atoms with Gasteiger partial charge in [0.2, 0.25) is 0 Å². The van der Waals surface area contributed by atoms with Crippen LogP contribution in [0.5, 0.6) is 0 Å². The topological polar surface area (TPSA) is 57.2 Å². The van der Waals surface area contributed by atoms with E-state index < -0.39 is 5.79 Å². The Morgan fingerprint density at radius 1 is 1.26 bits per heavy atom. The Kier molecular flexibility index (Phi) is 5.04. The fourth-order valence-corrected chi connectivity index (χ4v) is 3.29. The molecule has 0 bridgehead atoms. The zero-order valence-corrected chi connectivity index (χ0v) is 14.0. The monoisotopic (exact) mass is 322 g/mol. The molecule has 0 aromatic heterocycles. The largest absolute Gasteiger partial charge is 0.394 e. The Hall–Kier alpha value is -0.980. The van der Waals surface area contributed by atoms with Gasteiger partial charge in [0, 0.05) is 5.92 Å². The standard InChI is InChI=1S/C18H26O5/c1-12-14(9-19)22-15-11-21-18(2,3)23-17(15)16(12)20-10-13-7-5-4-6-8-13/h4-8,12,14-17,19H,9-11H2,1-3H3/t12-,14-,15+,16+,17+/m0/s1. The van der Waals surface area contributed by atoms with E-state index in [9.17, 15) is 5.11 Å². The van der Waals surface area contributed by atoms with Crippen molar-refractivity contribution in [2.24, 2.45) is 5.92 Å². The number of fused-ring (bicyclic) bond motifs is 1. The number of hydrogen-bond acceptors (Lipinski definition) is 5. The van der Waals surface area contributed by atoms with Gasteiger partial charge in [0.05, 0.1) is 32.0 Å². The van der Waals surface area contributed by atoms with Crippen LogP contribution < -0.4 is 0 Å². The summed E-state index contributed by atoms with van der Waals surface area (Å²) in [7, 11) is 0. The minimum atomic E-state index is -0.648. The third-order valence-electron chi connectivity index (χ3n) is 4.62. The van der Waals surface area contributed by atoms with E-state index in [1.807, 2.05) is 51.1 Å². The Morgan fingerprint density at radius 3 is 2.70 bits per heavy atom. The van der Waals surface area contributed by atoms with Gasteiger partial charge in [-0.1, -0.05) is 37.3 Å². The first-order valence-corrected chi connectivity index (χ1v) is 8.24. The second-order valence-corrected chi connectivity index (χ2v) is 6.81. The summed E-state index contributed by atoms with van der Waals surface area (Å²) >= 11 is 0. The lowest BCUT2D eigenvalue weighted by Crippen LogP contribution is -2.63. The molecule has 2 saturated heterocycles. The number of ether oxygens (including phenoxy) is 4. The van der Waals surface area contributed by atoms with Gasteiger partial charge in [0.1, 0.15) is 12.2 Å². The summed E-state index contributed by atoms with van der Waals surface area (Å²) in [6.45, 7) is 6.78. The summed E-state index contributed by atoms with van der Waals surface area (Å²) in [4.78, 5) is 0. The number of aliphatic hydroxyl groups excluding tert-OH is 1. The highest BCUT2D eigenvalue weighted by atomic mass is 16.7. The van der Waals surface area contributed by atoms with Gasteiger partial charge in [-0.15, -0.1) is 0 Å². The van der Waals surface area contributed by atoms with Crippen molar-refractivity contribution in [2.75, 3.05) is 13.2 Å². The van der Waals surface area contributed by atoms with Crippen molar-refractivity contribution in [3.05, 3.63) is 35.9 Å². The summed E-state index contributed by atoms with van der Waals surface area (Å²) in [5, 5.41) is 9.60. The second-order valence-electron chi connectivity index (χ2n) is 6.81. The summed E-state index contributed by atoms with van der Waals surface area (Å²) in [6, 6.07) is 10.1. The van der Waals surface area contributed by atoms with Crippen LogP contribution in [0.15, 0.2) is 30.3 Å². The van der Waals surface area contributed by atoms with E-state index in [1.54, 1.807) is 0 Å². The van der Waals surface area contributed by atoms with Crippen LogP contribution in [0.2, 0.25) is 0 Å². The maximum atomic E-state index is 9.60. The summed E-state index contributed by atoms with van der Waals surface area (Å²) in [5.41, 5.74) is 1.12. The zero-order chi connectivity index (χ0) is 16.4. The average Bonchev–Trinajstić information content (AvgIpc) is 2.54. The fourth-order valence-electron chi connectivity index (χ4n) is 3.29. The molecule has 2 aliphatic heterocycles. The molecule has 23 heavy (non-hydrogen) atoms. The molecular weight excluding hydrogens is 296 g/mol. The lowest BCUT2D eigenvalue weighted by molar-refractivity contribution is -0.358. The maximum absolute atomic E-state index is 9.60. The predicted molar refractivity (Wildman–Crippen MR) is 84.8 cm³/mol. The minimum Gasteiger partial charge on any atom is -0.394 e. The molecule has 0 aliphatic carbocycles. The van der Waals surface area contributed by atoms with Gasteiger partial charge in [0.25, 0.3) is 0 Å². The van der Waals surface area contributed by atoms with Crippen molar-refractivity contribution in [3.63, 3.8) is 0 Å². The molecule has 5 nitrogen and oxygen atoms in total. The van der Waals surface area contributed by atoms with Gasteiger partial charge >= 0.3 is 0 Å². The van der Waals surface area contributed by atoms with Crippen LogP contribution in [0, 0.1) is 5.92 Å². The quantitative estimate of drug-likeness (QED) is 0.920. The number of benzene rings is 1. The predicted octanol–water partition coefficient (Wildman–Crippen LogP) is 2.12. The molecule has 0 amide bonds. The number of hydrogen-bond donors (Lipinski definition) is 1. The molecule has 1 aromatic rings. The first-order valence-electron chi connectivity index (χ1n) is 8.24. The first kappa shape index (κ1) is 16.9. The summed E-state index contributed by atoms with van der Waals surface area (Å²) < 4.78 is 23.9. The van der Waals surface area contributed by atoms with Gasteiger partial charge < -0.3 is 24.1 Å².